The van der Waals surface area contributed by atoms with Crippen molar-refractivity contribution in [2.75, 3.05) is 0 Å². The van der Waals surface area contributed by atoms with Crippen LogP contribution >= 0.6 is 0 Å². The van der Waals surface area contributed by atoms with Gasteiger partial charge in [-0.1, -0.05) is 146 Å². The molecule has 0 heterocycles. The molecule has 0 aliphatic heterocycles. The second kappa shape index (κ2) is 9.20. The van der Waals surface area contributed by atoms with Crippen LogP contribution in [0.2, 0.25) is 0 Å². The highest BCUT2D eigenvalue weighted by atomic mass is 16.3. The average Bonchev–Trinajstić information content (AvgIpc) is 3.12. The molecule has 0 saturated heterocycles. The van der Waals surface area contributed by atoms with Crippen molar-refractivity contribution in [1.82, 2.24) is 0 Å². The maximum absolute atomic E-state index is 12.6. The minimum atomic E-state index is 0.174. The average molecular weight is 587 g/mol. The van der Waals surface area contributed by atoms with Gasteiger partial charge in [-0.2, -0.15) is 0 Å². The number of hydrogen-bond donors (Lipinski definition) is 2. The van der Waals surface area contributed by atoms with E-state index >= 15 is 0 Å². The number of fused-ring (bicyclic) bond motifs is 14. The van der Waals surface area contributed by atoms with Gasteiger partial charge >= 0.3 is 0 Å². The third-order valence-electron chi connectivity index (χ3n) is 9.99. The molecule has 214 valence electrons. The van der Waals surface area contributed by atoms with E-state index < -0.39 is 0 Å². The molecule has 0 atom stereocenters. The quantitative estimate of drug-likeness (QED) is 0.188. The van der Waals surface area contributed by atoms with Gasteiger partial charge in [0.05, 0.1) is 0 Å². The lowest BCUT2D eigenvalue weighted by molar-refractivity contribution is 0.476. The summed E-state index contributed by atoms with van der Waals surface area (Å²) in [6.45, 7) is 0. The number of phenols is 2. The van der Waals surface area contributed by atoms with Gasteiger partial charge in [-0.3, -0.25) is 0 Å². The Hall–Kier alpha value is -6.12. The number of aromatic hydroxyl groups is 2. The normalized spacial score (nSPS) is 12.1. The summed E-state index contributed by atoms with van der Waals surface area (Å²) >= 11 is 0. The van der Waals surface area contributed by atoms with E-state index in [4.69, 9.17) is 0 Å². The number of rotatable bonds is 1. The molecule has 0 aliphatic carbocycles. The van der Waals surface area contributed by atoms with Gasteiger partial charge < -0.3 is 10.2 Å². The SMILES string of the molecule is Oc1c(-c2c(O)c3ccccc3c3ccc4ccc5ccccc5c4c23)c2c(ccc3ccc4ccccc4c32)c2ccccc12. The van der Waals surface area contributed by atoms with Crippen LogP contribution in [-0.2, 0) is 0 Å². The first-order valence-electron chi connectivity index (χ1n) is 15.6. The Bertz CT molecular complexity index is 2730. The first kappa shape index (κ1) is 25.2. The monoisotopic (exact) mass is 586 g/mol. The molecular formula is C44H26O2. The fraction of sp³-hybridized carbons (Fsp3) is 0. The molecule has 0 bridgehead atoms. The van der Waals surface area contributed by atoms with Gasteiger partial charge in [0.1, 0.15) is 11.5 Å². The number of phenolic OH excluding ortho intramolecular Hbond substituents is 2. The molecule has 10 aromatic rings. The van der Waals surface area contributed by atoms with Gasteiger partial charge in [-0.15, -0.1) is 0 Å². The zero-order valence-corrected chi connectivity index (χ0v) is 24.8. The first-order chi connectivity index (χ1) is 22.7. The Labute approximate surface area is 264 Å². The Balaban J connectivity index is 1.58. The second-order valence-corrected chi connectivity index (χ2v) is 12.3. The molecule has 0 spiro atoms. The molecule has 2 N–H and O–H groups in total. The van der Waals surface area contributed by atoms with E-state index in [1.165, 1.54) is 0 Å². The van der Waals surface area contributed by atoms with Crippen LogP contribution in [-0.4, -0.2) is 10.2 Å². The lowest BCUT2D eigenvalue weighted by atomic mass is 9.82. The summed E-state index contributed by atoms with van der Waals surface area (Å²) in [6.07, 6.45) is 0. The third-order valence-corrected chi connectivity index (χ3v) is 9.99. The highest BCUT2D eigenvalue weighted by Crippen LogP contribution is 2.54. The summed E-state index contributed by atoms with van der Waals surface area (Å²) in [7, 11) is 0. The Morgan fingerprint density at radius 3 is 1.00 bits per heavy atom. The van der Waals surface area contributed by atoms with Crippen molar-refractivity contribution in [3.05, 3.63) is 146 Å². The summed E-state index contributed by atoms with van der Waals surface area (Å²) in [5.41, 5.74) is 1.31. The van der Waals surface area contributed by atoms with Crippen molar-refractivity contribution in [1.29, 1.82) is 0 Å². The topological polar surface area (TPSA) is 40.5 Å². The lowest BCUT2D eigenvalue weighted by Gasteiger charge is -2.22. The maximum atomic E-state index is 12.6. The molecule has 2 nitrogen and oxygen atoms in total. The highest BCUT2D eigenvalue weighted by Gasteiger charge is 2.26. The third kappa shape index (κ3) is 3.25. The van der Waals surface area contributed by atoms with Gasteiger partial charge in [0.25, 0.3) is 0 Å². The minimum Gasteiger partial charge on any atom is -0.507 e. The van der Waals surface area contributed by atoms with E-state index in [0.717, 1.165) is 86.2 Å². The van der Waals surface area contributed by atoms with E-state index in [1.54, 1.807) is 0 Å². The molecule has 0 fully saturated rings. The van der Waals surface area contributed by atoms with Gasteiger partial charge in [-0.05, 0) is 64.6 Å². The molecule has 0 saturated carbocycles. The smallest absolute Gasteiger partial charge is 0.132 e. The molecule has 10 aromatic carbocycles. The molecule has 0 aromatic heterocycles. The zero-order valence-electron chi connectivity index (χ0n) is 24.8. The van der Waals surface area contributed by atoms with Crippen LogP contribution in [0.25, 0.3) is 97.3 Å². The van der Waals surface area contributed by atoms with Gasteiger partial charge in [0, 0.05) is 32.7 Å². The van der Waals surface area contributed by atoms with Crippen LogP contribution in [0.4, 0.5) is 0 Å². The Morgan fingerprint density at radius 2 is 0.565 bits per heavy atom. The first-order valence-corrected chi connectivity index (χ1v) is 15.6. The van der Waals surface area contributed by atoms with Crippen molar-refractivity contribution >= 4 is 86.2 Å². The summed E-state index contributed by atoms with van der Waals surface area (Å²) in [5, 5.41) is 41.4. The highest BCUT2D eigenvalue weighted by molar-refractivity contribution is 6.36. The lowest BCUT2D eigenvalue weighted by Crippen LogP contribution is -1.93. The van der Waals surface area contributed by atoms with Crippen molar-refractivity contribution in [3.63, 3.8) is 0 Å². The summed E-state index contributed by atoms with van der Waals surface area (Å²) < 4.78 is 0. The Morgan fingerprint density at radius 1 is 0.239 bits per heavy atom. The molecule has 0 aliphatic rings. The molecule has 0 unspecified atom stereocenters. The largest absolute Gasteiger partial charge is 0.507 e. The van der Waals surface area contributed by atoms with Crippen LogP contribution < -0.4 is 0 Å². The zero-order chi connectivity index (χ0) is 30.5. The molecule has 0 radical (unpaired) electrons. The Kier molecular flexibility index (Phi) is 5.05. The molecule has 2 heteroatoms. The van der Waals surface area contributed by atoms with Crippen LogP contribution in [0, 0.1) is 0 Å². The molecular weight excluding hydrogens is 560 g/mol. The van der Waals surface area contributed by atoms with Crippen molar-refractivity contribution in [2.45, 2.75) is 0 Å². The maximum Gasteiger partial charge on any atom is 0.132 e. The summed E-state index contributed by atoms with van der Waals surface area (Å²) in [4.78, 5) is 0. The standard InChI is InChI=1S/C44H26O2/c45-43-35-15-7-5-13-31(35)33-23-21-27-19-17-25-9-1-3-11-29(25)37(27)39(33)41(43)42-40-34(32-14-6-8-16-36(32)44(42)46)24-22-28-20-18-26-10-2-4-12-30(26)38(28)40/h1-24,45-46H. The van der Waals surface area contributed by atoms with Gasteiger partial charge in [0.15, 0.2) is 0 Å². The van der Waals surface area contributed by atoms with Gasteiger partial charge in [0.2, 0.25) is 0 Å². The number of benzene rings is 10. The van der Waals surface area contributed by atoms with Crippen molar-refractivity contribution in [2.24, 2.45) is 0 Å². The van der Waals surface area contributed by atoms with Crippen molar-refractivity contribution < 1.29 is 10.2 Å². The fourth-order valence-electron chi connectivity index (χ4n) is 8.00. The predicted octanol–water partition coefficient (Wildman–Crippen LogP) is 12.0. The molecule has 46 heavy (non-hydrogen) atoms. The van der Waals surface area contributed by atoms with Crippen molar-refractivity contribution in [3.8, 4) is 22.6 Å². The summed E-state index contributed by atoms with van der Waals surface area (Å²) in [6, 6.07) is 50.3. The molecule has 0 amide bonds. The molecule has 10 rings (SSSR count). The summed E-state index contributed by atoms with van der Waals surface area (Å²) in [5.74, 6) is 0.348. The van der Waals surface area contributed by atoms with Crippen LogP contribution in [0.15, 0.2) is 146 Å². The van der Waals surface area contributed by atoms with E-state index in [9.17, 15) is 10.2 Å². The van der Waals surface area contributed by atoms with Gasteiger partial charge in [-0.25, -0.2) is 0 Å². The van der Waals surface area contributed by atoms with E-state index in [0.29, 0.717) is 11.1 Å². The van der Waals surface area contributed by atoms with E-state index in [2.05, 4.69) is 109 Å². The minimum absolute atomic E-state index is 0.174. The van der Waals surface area contributed by atoms with Crippen LogP contribution in [0.5, 0.6) is 11.5 Å². The number of hydrogen-bond acceptors (Lipinski definition) is 2. The van der Waals surface area contributed by atoms with Crippen LogP contribution in [0.3, 0.4) is 0 Å². The van der Waals surface area contributed by atoms with E-state index in [-0.39, 0.29) is 11.5 Å². The second-order valence-electron chi connectivity index (χ2n) is 12.3. The van der Waals surface area contributed by atoms with Crippen LogP contribution in [0.1, 0.15) is 0 Å². The predicted molar refractivity (Wildman–Crippen MR) is 195 cm³/mol. The fourth-order valence-corrected chi connectivity index (χ4v) is 8.00. The van der Waals surface area contributed by atoms with E-state index in [1.807, 2.05) is 36.4 Å².